The number of halogens is 1. The van der Waals surface area contributed by atoms with Gasteiger partial charge in [0.05, 0.1) is 11.2 Å². The molecule has 1 aromatic rings. The standard InChI is InChI=1S/C16H24ClN3O/c1-10(2)15-18-9-13(17)14(20-15)16(21)19-12-6-4-5-11(3)7-8-12/h9-12H,4-8H2,1-3H3,(H,19,21). The number of aromatic nitrogens is 2. The third kappa shape index (κ3) is 4.40. The molecular weight excluding hydrogens is 286 g/mol. The van der Waals surface area contributed by atoms with E-state index in [1.807, 2.05) is 13.8 Å². The van der Waals surface area contributed by atoms with Gasteiger partial charge in [0.1, 0.15) is 11.5 Å². The molecule has 0 saturated heterocycles. The van der Waals surface area contributed by atoms with Crippen LogP contribution in [0.5, 0.6) is 0 Å². The summed E-state index contributed by atoms with van der Waals surface area (Å²) in [6.07, 6.45) is 7.18. The van der Waals surface area contributed by atoms with Gasteiger partial charge in [-0.1, -0.05) is 45.2 Å². The van der Waals surface area contributed by atoms with Gasteiger partial charge in [0, 0.05) is 12.0 Å². The Balaban J connectivity index is 2.07. The van der Waals surface area contributed by atoms with Gasteiger partial charge in [0.2, 0.25) is 0 Å². The Morgan fingerprint density at radius 2 is 2.10 bits per heavy atom. The van der Waals surface area contributed by atoms with Gasteiger partial charge in [0.25, 0.3) is 5.91 Å². The Labute approximate surface area is 131 Å². The fourth-order valence-corrected chi connectivity index (χ4v) is 2.88. The highest BCUT2D eigenvalue weighted by atomic mass is 35.5. The topological polar surface area (TPSA) is 54.9 Å². The van der Waals surface area contributed by atoms with Crippen LogP contribution in [0.25, 0.3) is 0 Å². The van der Waals surface area contributed by atoms with Gasteiger partial charge < -0.3 is 5.32 Å². The summed E-state index contributed by atoms with van der Waals surface area (Å²) >= 11 is 6.08. The van der Waals surface area contributed by atoms with Crippen molar-refractivity contribution in [3.63, 3.8) is 0 Å². The van der Waals surface area contributed by atoms with Crippen molar-refractivity contribution in [1.82, 2.24) is 15.3 Å². The first-order valence-corrected chi connectivity index (χ1v) is 8.18. The Hall–Kier alpha value is -1.16. The predicted octanol–water partition coefficient (Wildman–Crippen LogP) is 3.95. The van der Waals surface area contributed by atoms with Crippen LogP contribution in [-0.2, 0) is 0 Å². The second-order valence-corrected chi connectivity index (χ2v) is 6.77. The van der Waals surface area contributed by atoms with Crippen molar-refractivity contribution in [2.24, 2.45) is 5.92 Å². The Bertz CT molecular complexity index is 504. The van der Waals surface area contributed by atoms with Crippen LogP contribution in [0.3, 0.4) is 0 Å². The summed E-state index contributed by atoms with van der Waals surface area (Å²) in [4.78, 5) is 20.9. The molecule has 1 amide bonds. The molecule has 2 unspecified atom stereocenters. The van der Waals surface area contributed by atoms with Gasteiger partial charge in [0.15, 0.2) is 0 Å². The van der Waals surface area contributed by atoms with Gasteiger partial charge >= 0.3 is 0 Å². The van der Waals surface area contributed by atoms with Crippen LogP contribution in [0.1, 0.15) is 75.1 Å². The molecule has 21 heavy (non-hydrogen) atoms. The number of carbonyl (C=O) groups is 1. The molecule has 1 fully saturated rings. The molecule has 1 aliphatic rings. The van der Waals surface area contributed by atoms with Gasteiger partial charge in [-0.25, -0.2) is 9.97 Å². The highest BCUT2D eigenvalue weighted by Gasteiger charge is 2.21. The van der Waals surface area contributed by atoms with Crippen LogP contribution in [0.4, 0.5) is 0 Å². The monoisotopic (exact) mass is 309 g/mol. The summed E-state index contributed by atoms with van der Waals surface area (Å²) in [5.74, 6) is 1.40. The summed E-state index contributed by atoms with van der Waals surface area (Å²) in [5, 5.41) is 3.41. The number of nitrogens with one attached hydrogen (secondary N) is 1. The van der Waals surface area contributed by atoms with Crippen molar-refractivity contribution < 1.29 is 4.79 Å². The molecule has 0 bridgehead atoms. The molecule has 5 heteroatoms. The maximum Gasteiger partial charge on any atom is 0.271 e. The SMILES string of the molecule is CC1CCCC(NC(=O)c2nc(C(C)C)ncc2Cl)CC1. The summed E-state index contributed by atoms with van der Waals surface area (Å²) in [6.45, 7) is 6.27. The highest BCUT2D eigenvalue weighted by molar-refractivity contribution is 6.33. The van der Waals surface area contributed by atoms with Crippen LogP contribution in [0.2, 0.25) is 5.02 Å². The minimum absolute atomic E-state index is 0.174. The van der Waals surface area contributed by atoms with E-state index in [1.165, 1.54) is 25.5 Å². The molecule has 0 aliphatic heterocycles. The average Bonchev–Trinajstić information content (AvgIpc) is 2.64. The van der Waals surface area contributed by atoms with Crippen molar-refractivity contribution in [3.8, 4) is 0 Å². The molecule has 1 aromatic heterocycles. The van der Waals surface area contributed by atoms with Crippen molar-refractivity contribution >= 4 is 17.5 Å². The van der Waals surface area contributed by atoms with E-state index in [0.29, 0.717) is 16.5 Å². The first-order valence-electron chi connectivity index (χ1n) is 7.80. The van der Waals surface area contributed by atoms with Crippen LogP contribution in [0.15, 0.2) is 6.20 Å². The highest BCUT2D eigenvalue weighted by Crippen LogP contribution is 2.23. The predicted molar refractivity (Wildman–Crippen MR) is 84.6 cm³/mol. The van der Waals surface area contributed by atoms with Crippen molar-refractivity contribution in [1.29, 1.82) is 0 Å². The number of hydrogen-bond donors (Lipinski definition) is 1. The normalized spacial score (nSPS) is 22.9. The van der Waals surface area contributed by atoms with Crippen LogP contribution in [0, 0.1) is 5.92 Å². The zero-order valence-corrected chi connectivity index (χ0v) is 13.8. The maximum atomic E-state index is 12.4. The zero-order chi connectivity index (χ0) is 15.4. The maximum absolute atomic E-state index is 12.4. The molecular formula is C16H24ClN3O. The van der Waals surface area contributed by atoms with E-state index in [2.05, 4.69) is 22.2 Å². The number of amides is 1. The molecule has 116 valence electrons. The lowest BCUT2D eigenvalue weighted by molar-refractivity contribution is 0.0927. The van der Waals surface area contributed by atoms with E-state index in [9.17, 15) is 4.79 Å². The minimum Gasteiger partial charge on any atom is -0.348 e. The third-order valence-corrected chi connectivity index (χ3v) is 4.36. The van der Waals surface area contributed by atoms with E-state index in [1.54, 1.807) is 0 Å². The van der Waals surface area contributed by atoms with Crippen molar-refractivity contribution in [2.45, 2.75) is 64.8 Å². The van der Waals surface area contributed by atoms with E-state index < -0.39 is 0 Å². The number of hydrogen-bond acceptors (Lipinski definition) is 3. The Kier molecular flexibility index (Phi) is 5.57. The number of nitrogens with zero attached hydrogens (tertiary/aromatic N) is 2. The lowest BCUT2D eigenvalue weighted by Gasteiger charge is -2.17. The molecule has 2 rings (SSSR count). The molecule has 2 atom stereocenters. The second kappa shape index (κ2) is 7.21. The summed E-state index contributed by atoms with van der Waals surface area (Å²) in [6, 6.07) is 0.232. The van der Waals surface area contributed by atoms with Gasteiger partial charge in [-0.05, 0) is 25.2 Å². The Morgan fingerprint density at radius 3 is 2.81 bits per heavy atom. The largest absolute Gasteiger partial charge is 0.348 e. The van der Waals surface area contributed by atoms with Crippen LogP contribution < -0.4 is 5.32 Å². The molecule has 1 N–H and O–H groups in total. The molecule has 1 saturated carbocycles. The van der Waals surface area contributed by atoms with Gasteiger partial charge in [-0.15, -0.1) is 0 Å². The molecule has 0 radical (unpaired) electrons. The van der Waals surface area contributed by atoms with E-state index in [4.69, 9.17) is 11.6 Å². The summed E-state index contributed by atoms with van der Waals surface area (Å²) in [5.41, 5.74) is 0.299. The third-order valence-electron chi connectivity index (χ3n) is 4.09. The smallest absolute Gasteiger partial charge is 0.271 e. The van der Waals surface area contributed by atoms with Crippen LogP contribution in [-0.4, -0.2) is 21.9 Å². The quantitative estimate of drug-likeness (QED) is 0.860. The fourth-order valence-electron chi connectivity index (χ4n) is 2.70. The zero-order valence-electron chi connectivity index (χ0n) is 13.0. The lowest BCUT2D eigenvalue weighted by atomic mass is 10.0. The molecule has 1 heterocycles. The Morgan fingerprint density at radius 1 is 1.33 bits per heavy atom. The molecule has 4 nitrogen and oxygen atoms in total. The van der Waals surface area contributed by atoms with E-state index in [0.717, 1.165) is 18.8 Å². The minimum atomic E-state index is -0.177. The molecule has 0 spiro atoms. The van der Waals surface area contributed by atoms with Crippen molar-refractivity contribution in [3.05, 3.63) is 22.7 Å². The lowest BCUT2D eigenvalue weighted by Crippen LogP contribution is -2.35. The summed E-state index contributed by atoms with van der Waals surface area (Å²) in [7, 11) is 0. The average molecular weight is 310 g/mol. The second-order valence-electron chi connectivity index (χ2n) is 6.36. The fraction of sp³-hybridized carbons (Fsp3) is 0.688. The van der Waals surface area contributed by atoms with Crippen LogP contribution >= 0.6 is 11.6 Å². The first-order chi connectivity index (χ1) is 9.97. The molecule has 0 aromatic carbocycles. The van der Waals surface area contributed by atoms with Gasteiger partial charge in [-0.2, -0.15) is 0 Å². The first kappa shape index (κ1) is 16.2. The van der Waals surface area contributed by atoms with Crippen molar-refractivity contribution in [2.75, 3.05) is 0 Å². The number of carbonyl (C=O) groups excluding carboxylic acids is 1. The van der Waals surface area contributed by atoms with E-state index in [-0.39, 0.29) is 17.9 Å². The molecule has 1 aliphatic carbocycles. The summed E-state index contributed by atoms with van der Waals surface area (Å²) < 4.78 is 0. The van der Waals surface area contributed by atoms with Gasteiger partial charge in [-0.3, -0.25) is 4.79 Å². The van der Waals surface area contributed by atoms with E-state index >= 15 is 0 Å². The number of rotatable bonds is 3.